The first-order valence-electron chi connectivity index (χ1n) is 35.8. The summed E-state index contributed by atoms with van der Waals surface area (Å²) in [6, 6.07) is 3.75. The van der Waals surface area contributed by atoms with Gasteiger partial charge in [0.05, 0.1) is 51.4 Å². The van der Waals surface area contributed by atoms with Crippen LogP contribution in [-0.2, 0) is 70.4 Å². The highest BCUT2D eigenvalue weighted by Gasteiger charge is 2.51. The molecule has 3 aliphatic rings. The topological polar surface area (TPSA) is 274 Å². The van der Waals surface area contributed by atoms with Gasteiger partial charge in [0.2, 0.25) is 5.72 Å². The van der Waals surface area contributed by atoms with E-state index in [1.54, 1.807) is 17.9 Å². The predicted molar refractivity (Wildman–Crippen MR) is 362 cm³/mol. The number of aliphatic hydroxyl groups is 2. The van der Waals surface area contributed by atoms with E-state index in [9.17, 15) is 43.6 Å². The van der Waals surface area contributed by atoms with E-state index in [0.717, 1.165) is 56.9 Å². The third-order valence-electron chi connectivity index (χ3n) is 18.2. The Morgan fingerprint density at radius 2 is 1.18 bits per heavy atom. The van der Waals surface area contributed by atoms with Gasteiger partial charge in [-0.15, -0.1) is 0 Å². The van der Waals surface area contributed by atoms with E-state index in [-0.39, 0.29) is 70.4 Å². The average Bonchev–Trinajstić information content (AvgIpc) is 1.71. The van der Waals surface area contributed by atoms with Crippen molar-refractivity contribution in [3.8, 4) is 0 Å². The Morgan fingerprint density at radius 3 is 1.72 bits per heavy atom. The number of carbonyl (C=O) groups excluding carboxylic acids is 3. The Labute approximate surface area is 555 Å². The lowest BCUT2D eigenvalue weighted by Crippen LogP contribution is -2.60. The molecule has 0 saturated carbocycles. The van der Waals surface area contributed by atoms with Crippen LogP contribution >= 0.6 is 7.82 Å². The number of phosphoric ester groups is 1. The molecule has 530 valence electrons. The number of aryl methyl sites for hydroxylation is 1. The second-order valence-electron chi connectivity index (χ2n) is 26.3. The van der Waals surface area contributed by atoms with Gasteiger partial charge in [-0.25, -0.2) is 9.46 Å². The number of pyridine rings is 1. The number of morpholine rings is 1. The molecule has 1 aromatic heterocycles. The minimum atomic E-state index is -4.72. The summed E-state index contributed by atoms with van der Waals surface area (Å²) in [6.45, 7) is 10.6. The van der Waals surface area contributed by atoms with Crippen LogP contribution in [0.4, 0.5) is 11.4 Å². The normalized spacial score (nSPS) is 20.4. The number of aromatic nitrogens is 1. The predicted octanol–water partition coefficient (Wildman–Crippen LogP) is 11.6. The van der Waals surface area contributed by atoms with Gasteiger partial charge >= 0.3 is 25.7 Å². The highest BCUT2D eigenvalue weighted by Crippen LogP contribution is 2.43. The maximum absolute atomic E-state index is 13.2. The third kappa shape index (κ3) is 30.4. The Hall–Kier alpha value is -4.19. The van der Waals surface area contributed by atoms with Crippen molar-refractivity contribution in [3.05, 3.63) is 62.2 Å². The molecule has 5 N–H and O–H groups in total. The molecule has 93 heavy (non-hydrogen) atoms. The largest absolute Gasteiger partial charge is 0.472 e. The molecule has 22 nitrogen and oxygen atoms in total. The maximum atomic E-state index is 13.2. The molecule has 2 fully saturated rings. The fourth-order valence-electron chi connectivity index (χ4n) is 12.7. The van der Waals surface area contributed by atoms with Gasteiger partial charge in [0, 0.05) is 45.8 Å². The van der Waals surface area contributed by atoms with Gasteiger partial charge in [-0.05, 0) is 69.2 Å². The summed E-state index contributed by atoms with van der Waals surface area (Å²) in [5.41, 5.74) is -2.12. The van der Waals surface area contributed by atoms with Crippen LogP contribution in [0.5, 0.6) is 0 Å². The van der Waals surface area contributed by atoms with Gasteiger partial charge in [0.1, 0.15) is 24.0 Å². The minimum absolute atomic E-state index is 0.00489. The molecular weight excluding hydrogens is 1210 g/mol. The molecule has 0 amide bonds. The summed E-state index contributed by atoms with van der Waals surface area (Å²) in [7, 11) is -3.41. The molecule has 1 aromatic carbocycles. The van der Waals surface area contributed by atoms with E-state index >= 15 is 0 Å². The molecular formula is C70H119N6O16P. The number of nitrogens with zero attached hydrogens (tertiary/aromatic N) is 4. The molecule has 0 radical (unpaired) electrons. The van der Waals surface area contributed by atoms with Crippen LogP contribution in [0, 0.1) is 0 Å². The highest BCUT2D eigenvalue weighted by atomic mass is 31.2. The van der Waals surface area contributed by atoms with Crippen LogP contribution in [0.3, 0.4) is 0 Å². The van der Waals surface area contributed by atoms with Gasteiger partial charge in [-0.1, -0.05) is 200 Å². The van der Waals surface area contributed by atoms with Crippen LogP contribution in [0.15, 0.2) is 34.4 Å². The number of ether oxygens (including phenoxy) is 5. The van der Waals surface area contributed by atoms with E-state index < -0.39 is 73.2 Å². The first-order valence-corrected chi connectivity index (χ1v) is 37.3. The van der Waals surface area contributed by atoms with Gasteiger partial charge in [0.15, 0.2) is 18.2 Å². The number of rotatable bonds is 53. The highest BCUT2D eigenvalue weighted by molar-refractivity contribution is 7.47. The molecule has 4 bridgehead atoms. The molecule has 2 saturated heterocycles. The second-order valence-corrected chi connectivity index (χ2v) is 27.8. The molecule has 4 heterocycles. The SMILES string of the molecule is C=CC12CN(CCN(CC(=O)OC)Cc3cc(CCCNc4c(NCCOP(=O)(O)OC[C@@H](COC(O)CCCCCCCCCCCCCCCCC)OC(O)CCCCCCCCCCCCCCCCC)c(=O)c4=O)cc(n3)[C@]3(C)OC(=O)CN3C1)CC(=O)O2. The average molecular weight is 1330 g/mol. The zero-order chi connectivity index (χ0) is 67.2. The summed E-state index contributed by atoms with van der Waals surface area (Å²) in [5.74, 6) is -1.38. The summed E-state index contributed by atoms with van der Waals surface area (Å²) in [6.07, 6.45) is 36.7. The molecule has 5 unspecified atom stereocenters. The van der Waals surface area contributed by atoms with E-state index in [0.29, 0.717) is 56.7 Å². The summed E-state index contributed by atoms with van der Waals surface area (Å²) in [4.78, 5) is 85.7. The number of esters is 3. The lowest BCUT2D eigenvalue weighted by atomic mass is 9.97. The fourth-order valence-corrected chi connectivity index (χ4v) is 13.4. The smallest absolute Gasteiger partial charge is 0.468 e. The lowest BCUT2D eigenvalue weighted by molar-refractivity contribution is -0.191. The van der Waals surface area contributed by atoms with Gasteiger partial charge in [-0.2, -0.15) is 0 Å². The summed E-state index contributed by atoms with van der Waals surface area (Å²) in [5, 5.41) is 27.6. The number of hydrogen-bond donors (Lipinski definition) is 5. The quantitative estimate of drug-likeness (QED) is 0.00783. The molecule has 0 spiro atoms. The Morgan fingerprint density at radius 1 is 0.667 bits per heavy atom. The van der Waals surface area contributed by atoms with Crippen molar-refractivity contribution in [2.24, 2.45) is 0 Å². The minimum Gasteiger partial charge on any atom is -0.468 e. The molecule has 3 aliphatic heterocycles. The van der Waals surface area contributed by atoms with Crippen molar-refractivity contribution in [1.82, 2.24) is 19.7 Å². The number of phosphoric acid groups is 1. The summed E-state index contributed by atoms with van der Waals surface area (Å²) >= 11 is 0. The Balaban J connectivity index is 1.08. The zero-order valence-electron chi connectivity index (χ0n) is 57.3. The third-order valence-corrected chi connectivity index (χ3v) is 19.2. The van der Waals surface area contributed by atoms with Crippen molar-refractivity contribution in [1.29, 1.82) is 0 Å². The standard InChI is InChI=1S/C70H119N6O16P/c1-6-9-11-13-15-17-19-21-23-25-27-29-31-33-35-39-60(77)87-52-58(90-61(78)40-36-34-32-30-28-26-24-22-20-18-16-14-12-10-7-2)53-89-93(84,85)88-45-42-72-66-65(67(82)68(66)83)71-41-37-38-56-46-57-48-74(49-62(79)86-5)43-44-75-50-63(80)92-70(8-3,54-75)55-76-51-64(81)91-69(76,4)59(47-56)73-57/h8,46-47,58,60-61,71-72,77-78H,3,6-7,9-45,48-55H2,1-2,4-5H3,(H,84,85)/t58-,60?,61?,69+,70?/m1/s1. The van der Waals surface area contributed by atoms with E-state index in [4.69, 9.17) is 37.7 Å². The van der Waals surface area contributed by atoms with Crippen LogP contribution in [0.25, 0.3) is 0 Å². The van der Waals surface area contributed by atoms with Crippen molar-refractivity contribution >= 4 is 37.1 Å². The van der Waals surface area contributed by atoms with Gasteiger partial charge < -0.3 is 49.4 Å². The van der Waals surface area contributed by atoms with Crippen molar-refractivity contribution in [2.75, 3.05) is 96.5 Å². The number of unbranched alkanes of at least 4 members (excludes halogenated alkanes) is 28. The number of aliphatic hydroxyl groups excluding tert-OH is 2. The maximum Gasteiger partial charge on any atom is 0.472 e. The second kappa shape index (κ2) is 44.6. The first-order chi connectivity index (χ1) is 44.9. The van der Waals surface area contributed by atoms with Crippen LogP contribution in [0.1, 0.15) is 250 Å². The number of methoxy groups -OCH3 is 1. The number of nitrogens with one attached hydrogen (secondary N) is 2. The molecule has 0 aliphatic carbocycles. The number of fused-ring (bicyclic) bond motifs is 6. The van der Waals surface area contributed by atoms with Crippen LogP contribution < -0.4 is 21.5 Å². The number of carbonyl (C=O) groups is 3. The van der Waals surface area contributed by atoms with E-state index in [1.807, 2.05) is 21.9 Å². The molecule has 23 heteroatoms. The fraction of sp³-hybridized carbons (Fsp3) is 0.800. The Kier molecular flexibility index (Phi) is 38.1. The van der Waals surface area contributed by atoms with Crippen LogP contribution in [-0.4, -0.2) is 163 Å². The first kappa shape index (κ1) is 79.5. The number of anilines is 2. The zero-order valence-corrected chi connectivity index (χ0v) is 58.2. The number of hydrogen-bond acceptors (Lipinski definition) is 21. The monoisotopic (exact) mass is 1330 g/mol. The molecule has 2 aromatic rings. The van der Waals surface area contributed by atoms with Gasteiger partial charge in [-0.3, -0.25) is 47.8 Å². The Bertz CT molecular complexity index is 2590. The molecule has 5 rings (SSSR count). The lowest BCUT2D eigenvalue weighted by Gasteiger charge is -2.44. The molecule has 7 atom stereocenters. The summed E-state index contributed by atoms with van der Waals surface area (Å²) < 4.78 is 52.4. The van der Waals surface area contributed by atoms with Crippen molar-refractivity contribution in [2.45, 2.75) is 276 Å². The van der Waals surface area contributed by atoms with Crippen molar-refractivity contribution in [3.63, 3.8) is 0 Å². The van der Waals surface area contributed by atoms with E-state index in [2.05, 4.69) is 31.1 Å². The van der Waals surface area contributed by atoms with Crippen LogP contribution in [0.2, 0.25) is 0 Å². The van der Waals surface area contributed by atoms with E-state index in [1.165, 1.54) is 148 Å². The van der Waals surface area contributed by atoms with Crippen molar-refractivity contribution < 1.29 is 66.8 Å². The van der Waals surface area contributed by atoms with Gasteiger partial charge in [0.25, 0.3) is 10.9 Å².